The van der Waals surface area contributed by atoms with E-state index < -0.39 is 6.04 Å². The molecule has 1 aliphatic carbocycles. The zero-order chi connectivity index (χ0) is 15.5. The summed E-state index contributed by atoms with van der Waals surface area (Å²) >= 11 is 0. The van der Waals surface area contributed by atoms with Crippen molar-refractivity contribution in [2.24, 2.45) is 0 Å². The lowest BCUT2D eigenvalue weighted by Gasteiger charge is -2.12. The summed E-state index contributed by atoms with van der Waals surface area (Å²) in [5.41, 5.74) is 1.92. The molecule has 2 aromatic carbocycles. The van der Waals surface area contributed by atoms with E-state index in [1.165, 1.54) is 0 Å². The molecule has 1 aliphatic rings. The van der Waals surface area contributed by atoms with Crippen LogP contribution in [0.3, 0.4) is 0 Å². The molecule has 0 bridgehead atoms. The molecule has 1 saturated carbocycles. The number of rotatable bonds is 6. The highest BCUT2D eigenvalue weighted by Crippen LogP contribution is 2.47. The summed E-state index contributed by atoms with van der Waals surface area (Å²) in [6.45, 7) is 0.440. The average molecular weight is 299 g/mol. The van der Waals surface area contributed by atoms with Crippen molar-refractivity contribution in [3.05, 3.63) is 69.8 Å². The second kappa shape index (κ2) is 6.05. The first-order valence-corrected chi connectivity index (χ1v) is 7.17. The summed E-state index contributed by atoms with van der Waals surface area (Å²) in [5.74, 6) is 1.30. The molecule has 0 aromatic heterocycles. The molecule has 114 valence electrons. The lowest BCUT2D eigenvalue weighted by molar-refractivity contribution is -0.496. The molecular weight excluding hydrogens is 282 g/mol. The third-order valence-electron chi connectivity index (χ3n) is 3.88. The Bertz CT molecular complexity index is 672. The summed E-state index contributed by atoms with van der Waals surface area (Å²) in [6.07, 6.45) is 0.557. The maximum absolute atomic E-state index is 10.9. The van der Waals surface area contributed by atoms with Gasteiger partial charge in [0.05, 0.1) is 13.0 Å². The summed E-state index contributed by atoms with van der Waals surface area (Å²) in [6, 6.07) is 14.8. The predicted molar refractivity (Wildman–Crippen MR) is 81.9 cm³/mol. The Kier molecular flexibility index (Phi) is 3.96. The topological polar surface area (TPSA) is 61.6 Å². The molecule has 0 spiro atoms. The van der Waals surface area contributed by atoms with Gasteiger partial charge in [-0.15, -0.1) is 0 Å². The maximum Gasteiger partial charge on any atom is 0.221 e. The number of ether oxygens (including phenoxy) is 2. The molecule has 22 heavy (non-hydrogen) atoms. The van der Waals surface area contributed by atoms with Crippen LogP contribution < -0.4 is 9.47 Å². The Balaban J connectivity index is 1.79. The van der Waals surface area contributed by atoms with Gasteiger partial charge < -0.3 is 9.47 Å². The Morgan fingerprint density at radius 3 is 2.64 bits per heavy atom. The van der Waals surface area contributed by atoms with Crippen molar-refractivity contribution in [1.82, 2.24) is 0 Å². The van der Waals surface area contributed by atoms with E-state index in [1.54, 1.807) is 7.11 Å². The average Bonchev–Trinajstić information content (AvgIpc) is 3.34. The number of benzene rings is 2. The number of nitro groups is 1. The van der Waals surface area contributed by atoms with Crippen LogP contribution in [0.1, 0.15) is 23.5 Å². The van der Waals surface area contributed by atoms with Gasteiger partial charge in [0, 0.05) is 16.9 Å². The largest absolute Gasteiger partial charge is 0.497 e. The minimum Gasteiger partial charge on any atom is -0.497 e. The Labute approximate surface area is 128 Å². The van der Waals surface area contributed by atoms with Gasteiger partial charge in [0.25, 0.3) is 0 Å². The van der Waals surface area contributed by atoms with Gasteiger partial charge in [0.15, 0.2) is 0 Å². The fourth-order valence-electron chi connectivity index (χ4n) is 2.56. The highest BCUT2D eigenvalue weighted by Gasteiger charge is 2.50. The number of nitrogens with zero attached hydrogens (tertiary/aromatic N) is 1. The fourth-order valence-corrected chi connectivity index (χ4v) is 2.56. The molecule has 3 rings (SSSR count). The van der Waals surface area contributed by atoms with Crippen molar-refractivity contribution < 1.29 is 14.4 Å². The first-order chi connectivity index (χ1) is 10.7. The predicted octanol–water partition coefficient (Wildman–Crippen LogP) is 3.41. The van der Waals surface area contributed by atoms with E-state index >= 15 is 0 Å². The second-order valence-corrected chi connectivity index (χ2v) is 5.37. The van der Waals surface area contributed by atoms with Crippen LogP contribution in [0, 0.1) is 10.1 Å². The molecule has 0 amide bonds. The molecule has 0 saturated heterocycles. The molecule has 2 unspecified atom stereocenters. The van der Waals surface area contributed by atoms with E-state index in [0.29, 0.717) is 24.5 Å². The maximum atomic E-state index is 10.9. The lowest BCUT2D eigenvalue weighted by Crippen LogP contribution is -2.05. The zero-order valence-electron chi connectivity index (χ0n) is 12.3. The van der Waals surface area contributed by atoms with Gasteiger partial charge in [0.2, 0.25) is 6.04 Å². The first-order valence-electron chi connectivity index (χ1n) is 7.17. The van der Waals surface area contributed by atoms with Gasteiger partial charge in [-0.2, -0.15) is 0 Å². The zero-order valence-corrected chi connectivity index (χ0v) is 12.3. The van der Waals surface area contributed by atoms with Crippen molar-refractivity contribution in [3.8, 4) is 11.5 Å². The van der Waals surface area contributed by atoms with Crippen LogP contribution >= 0.6 is 0 Å². The summed E-state index contributed by atoms with van der Waals surface area (Å²) in [5, 5.41) is 10.9. The Hall–Kier alpha value is -2.56. The summed E-state index contributed by atoms with van der Waals surface area (Å²) in [7, 11) is 1.58. The van der Waals surface area contributed by atoms with Crippen LogP contribution in [-0.4, -0.2) is 18.1 Å². The highest BCUT2D eigenvalue weighted by atomic mass is 16.6. The standard InChI is InChI=1S/C17H17NO4/c1-21-13-7-8-17(22-11-12-5-3-2-4-6-12)15(9-13)14-10-16(14)18(19)20/h2-9,14,16H,10-11H2,1H3. The van der Waals surface area contributed by atoms with Gasteiger partial charge in [-0.05, 0) is 23.8 Å². The molecule has 0 aliphatic heterocycles. The van der Waals surface area contributed by atoms with E-state index in [1.807, 2.05) is 48.5 Å². The van der Waals surface area contributed by atoms with Crippen molar-refractivity contribution in [3.63, 3.8) is 0 Å². The molecule has 2 atom stereocenters. The van der Waals surface area contributed by atoms with Crippen LogP contribution in [0.2, 0.25) is 0 Å². The first kappa shape index (κ1) is 14.4. The third-order valence-corrected chi connectivity index (χ3v) is 3.88. The van der Waals surface area contributed by atoms with E-state index in [9.17, 15) is 10.1 Å². The van der Waals surface area contributed by atoms with E-state index in [-0.39, 0.29) is 10.8 Å². The smallest absolute Gasteiger partial charge is 0.221 e. The van der Waals surface area contributed by atoms with E-state index in [0.717, 1.165) is 11.1 Å². The van der Waals surface area contributed by atoms with Crippen molar-refractivity contribution in [1.29, 1.82) is 0 Å². The van der Waals surface area contributed by atoms with E-state index in [2.05, 4.69) is 0 Å². The molecular formula is C17H17NO4. The van der Waals surface area contributed by atoms with Crippen LogP contribution in [-0.2, 0) is 6.61 Å². The number of methoxy groups -OCH3 is 1. The molecule has 0 radical (unpaired) electrons. The monoisotopic (exact) mass is 299 g/mol. The Morgan fingerprint density at radius 1 is 1.23 bits per heavy atom. The minimum atomic E-state index is -0.508. The second-order valence-electron chi connectivity index (χ2n) is 5.37. The van der Waals surface area contributed by atoms with E-state index in [4.69, 9.17) is 9.47 Å². The Morgan fingerprint density at radius 2 is 2.00 bits per heavy atom. The van der Waals surface area contributed by atoms with Crippen LogP contribution in [0.5, 0.6) is 11.5 Å². The van der Waals surface area contributed by atoms with Crippen LogP contribution in [0.25, 0.3) is 0 Å². The molecule has 2 aromatic rings. The van der Waals surface area contributed by atoms with Crippen molar-refractivity contribution in [2.75, 3.05) is 7.11 Å². The number of hydrogen-bond acceptors (Lipinski definition) is 4. The van der Waals surface area contributed by atoms with Crippen LogP contribution in [0.4, 0.5) is 0 Å². The SMILES string of the molecule is COc1ccc(OCc2ccccc2)c(C2CC2[N+](=O)[O-])c1. The molecule has 5 heteroatoms. The van der Waals surface area contributed by atoms with Gasteiger partial charge >= 0.3 is 0 Å². The summed E-state index contributed by atoms with van der Waals surface area (Å²) < 4.78 is 11.1. The third kappa shape index (κ3) is 3.03. The molecule has 1 fully saturated rings. The molecule has 0 heterocycles. The normalized spacial score (nSPS) is 19.5. The van der Waals surface area contributed by atoms with Crippen molar-refractivity contribution in [2.45, 2.75) is 25.0 Å². The number of hydrogen-bond donors (Lipinski definition) is 0. The van der Waals surface area contributed by atoms with Gasteiger partial charge in [-0.25, -0.2) is 0 Å². The van der Waals surface area contributed by atoms with Crippen LogP contribution in [0.15, 0.2) is 48.5 Å². The minimum absolute atomic E-state index is 0.0872. The quantitative estimate of drug-likeness (QED) is 0.606. The molecule has 5 nitrogen and oxygen atoms in total. The fraction of sp³-hybridized carbons (Fsp3) is 0.294. The lowest BCUT2D eigenvalue weighted by atomic mass is 10.1. The highest BCUT2D eigenvalue weighted by molar-refractivity contribution is 5.45. The molecule has 0 N–H and O–H groups in total. The van der Waals surface area contributed by atoms with Gasteiger partial charge in [-0.3, -0.25) is 10.1 Å². The van der Waals surface area contributed by atoms with Gasteiger partial charge in [-0.1, -0.05) is 30.3 Å². The summed E-state index contributed by atoms with van der Waals surface area (Å²) in [4.78, 5) is 10.7. The van der Waals surface area contributed by atoms with Gasteiger partial charge in [0.1, 0.15) is 18.1 Å². The van der Waals surface area contributed by atoms with Crippen molar-refractivity contribution >= 4 is 0 Å².